The molecule has 0 aromatic heterocycles. The molecule has 2 unspecified atom stereocenters. The Bertz CT molecular complexity index is 457. The summed E-state index contributed by atoms with van der Waals surface area (Å²) in [5.74, 6) is 2.69. The molecule has 0 spiro atoms. The van der Waals surface area contributed by atoms with Gasteiger partial charge >= 0.3 is 0 Å². The fraction of sp³-hybridized carbons (Fsp3) is 0.600. The first-order valence-electron chi connectivity index (χ1n) is 7.02. The van der Waals surface area contributed by atoms with Gasteiger partial charge in [-0.2, -0.15) is 0 Å². The zero-order chi connectivity index (χ0) is 13.2. The molecule has 0 saturated carbocycles. The minimum atomic E-state index is 0. The molecular weight excluding hydrogens is 340 g/mol. The first-order chi connectivity index (χ1) is 9.26. The third kappa shape index (κ3) is 3.48. The van der Waals surface area contributed by atoms with Crippen LogP contribution < -0.4 is 10.1 Å². The molecule has 2 aliphatic heterocycles. The molecule has 2 saturated heterocycles. The number of halogens is 2. The first kappa shape index (κ1) is 16.1. The molecule has 2 aliphatic rings. The van der Waals surface area contributed by atoms with Gasteiger partial charge in [-0.25, -0.2) is 0 Å². The van der Waals surface area contributed by atoms with E-state index in [9.17, 15) is 0 Å². The van der Waals surface area contributed by atoms with E-state index in [4.69, 9.17) is 4.74 Å². The molecule has 2 heterocycles. The van der Waals surface area contributed by atoms with Gasteiger partial charge in [-0.05, 0) is 61.7 Å². The van der Waals surface area contributed by atoms with Crippen molar-refractivity contribution in [2.24, 2.45) is 11.8 Å². The fourth-order valence-electron chi connectivity index (χ4n) is 3.29. The molecule has 1 aromatic carbocycles. The van der Waals surface area contributed by atoms with Crippen molar-refractivity contribution in [1.82, 2.24) is 10.2 Å². The van der Waals surface area contributed by atoms with Crippen LogP contribution in [0.5, 0.6) is 5.75 Å². The number of nitrogens with one attached hydrogen (secondary N) is 1. The van der Waals surface area contributed by atoms with E-state index in [1.54, 1.807) is 7.11 Å². The van der Waals surface area contributed by atoms with Gasteiger partial charge in [0.1, 0.15) is 5.75 Å². The second kappa shape index (κ2) is 7.12. The maximum atomic E-state index is 5.32. The van der Waals surface area contributed by atoms with Gasteiger partial charge in [0.15, 0.2) is 0 Å². The number of rotatable bonds is 3. The minimum Gasteiger partial charge on any atom is -0.497 e. The van der Waals surface area contributed by atoms with Crippen molar-refractivity contribution >= 4 is 28.3 Å². The zero-order valence-corrected chi connectivity index (χ0v) is 14.2. The standard InChI is InChI=1S/C15H21BrN2O.ClH/c1-19-14-2-3-15(16)12(6-14)9-18-5-4-11-7-17-8-13(11)10-18;/h2-3,6,11,13,17H,4-5,7-10H2,1H3;1H. The number of fused-ring (bicyclic) bond motifs is 1. The molecule has 20 heavy (non-hydrogen) atoms. The van der Waals surface area contributed by atoms with E-state index < -0.39 is 0 Å². The van der Waals surface area contributed by atoms with Crippen LogP contribution in [0.1, 0.15) is 12.0 Å². The maximum Gasteiger partial charge on any atom is 0.119 e. The number of ether oxygens (including phenoxy) is 1. The van der Waals surface area contributed by atoms with E-state index in [0.29, 0.717) is 0 Å². The van der Waals surface area contributed by atoms with Gasteiger partial charge in [0, 0.05) is 17.6 Å². The summed E-state index contributed by atoms with van der Waals surface area (Å²) in [6.07, 6.45) is 1.33. The summed E-state index contributed by atoms with van der Waals surface area (Å²) in [6.45, 7) is 5.87. The molecule has 0 radical (unpaired) electrons. The minimum absolute atomic E-state index is 0. The van der Waals surface area contributed by atoms with E-state index in [-0.39, 0.29) is 12.4 Å². The lowest BCUT2D eigenvalue weighted by Crippen LogP contribution is -2.39. The quantitative estimate of drug-likeness (QED) is 0.896. The Morgan fingerprint density at radius 2 is 2.15 bits per heavy atom. The van der Waals surface area contributed by atoms with Crippen LogP contribution in [0, 0.1) is 11.8 Å². The predicted molar refractivity (Wildman–Crippen MR) is 87.7 cm³/mol. The van der Waals surface area contributed by atoms with Crippen LogP contribution in [0.3, 0.4) is 0 Å². The number of piperidine rings is 1. The molecule has 2 fully saturated rings. The Morgan fingerprint density at radius 1 is 1.35 bits per heavy atom. The van der Waals surface area contributed by atoms with Gasteiger partial charge in [0.05, 0.1) is 7.11 Å². The number of hydrogen-bond donors (Lipinski definition) is 1. The highest BCUT2D eigenvalue weighted by Gasteiger charge is 2.32. The lowest BCUT2D eigenvalue weighted by atomic mass is 9.88. The van der Waals surface area contributed by atoms with E-state index in [2.05, 4.69) is 38.3 Å². The average Bonchev–Trinajstić information content (AvgIpc) is 2.89. The molecule has 112 valence electrons. The summed E-state index contributed by atoms with van der Waals surface area (Å²) < 4.78 is 6.50. The monoisotopic (exact) mass is 360 g/mol. The van der Waals surface area contributed by atoms with Gasteiger partial charge in [-0.3, -0.25) is 4.90 Å². The van der Waals surface area contributed by atoms with Crippen molar-refractivity contribution in [1.29, 1.82) is 0 Å². The lowest BCUT2D eigenvalue weighted by molar-refractivity contribution is 0.142. The van der Waals surface area contributed by atoms with Crippen molar-refractivity contribution < 1.29 is 4.74 Å². The van der Waals surface area contributed by atoms with Gasteiger partial charge in [-0.15, -0.1) is 12.4 Å². The number of likely N-dealkylation sites (tertiary alicyclic amines) is 1. The summed E-state index contributed by atoms with van der Waals surface area (Å²) in [4.78, 5) is 2.58. The summed E-state index contributed by atoms with van der Waals surface area (Å²) in [5.41, 5.74) is 1.32. The zero-order valence-electron chi connectivity index (χ0n) is 11.8. The molecule has 1 N–H and O–H groups in total. The number of methoxy groups -OCH3 is 1. The van der Waals surface area contributed by atoms with Crippen LogP contribution >= 0.6 is 28.3 Å². The van der Waals surface area contributed by atoms with E-state index in [1.165, 1.54) is 42.6 Å². The third-order valence-electron chi connectivity index (χ3n) is 4.44. The highest BCUT2D eigenvalue weighted by molar-refractivity contribution is 9.10. The van der Waals surface area contributed by atoms with Crippen LogP contribution in [0.4, 0.5) is 0 Å². The van der Waals surface area contributed by atoms with E-state index in [1.807, 2.05) is 6.07 Å². The molecule has 0 amide bonds. The van der Waals surface area contributed by atoms with Crippen LogP contribution in [-0.4, -0.2) is 38.2 Å². The maximum absolute atomic E-state index is 5.32. The Balaban J connectivity index is 0.00000147. The lowest BCUT2D eigenvalue weighted by Gasteiger charge is -2.34. The summed E-state index contributed by atoms with van der Waals surface area (Å²) >= 11 is 3.65. The Hall–Kier alpha value is -0.290. The number of benzene rings is 1. The van der Waals surface area contributed by atoms with Gasteiger partial charge in [0.25, 0.3) is 0 Å². The Morgan fingerprint density at radius 3 is 2.95 bits per heavy atom. The Kier molecular flexibility index (Phi) is 5.73. The highest BCUT2D eigenvalue weighted by Crippen LogP contribution is 2.29. The predicted octanol–water partition coefficient (Wildman–Crippen LogP) is 2.92. The molecule has 2 atom stereocenters. The summed E-state index contributed by atoms with van der Waals surface area (Å²) in [7, 11) is 1.72. The van der Waals surface area contributed by atoms with Crippen LogP contribution in [0.25, 0.3) is 0 Å². The molecule has 5 heteroatoms. The highest BCUT2D eigenvalue weighted by atomic mass is 79.9. The summed E-state index contributed by atoms with van der Waals surface area (Å²) in [6, 6.07) is 6.22. The van der Waals surface area contributed by atoms with Gasteiger partial charge in [-0.1, -0.05) is 15.9 Å². The molecule has 3 nitrogen and oxygen atoms in total. The largest absolute Gasteiger partial charge is 0.497 e. The van der Waals surface area contributed by atoms with Crippen LogP contribution in [-0.2, 0) is 6.54 Å². The third-order valence-corrected chi connectivity index (χ3v) is 5.21. The molecule has 0 aliphatic carbocycles. The van der Waals surface area contributed by atoms with E-state index in [0.717, 1.165) is 24.1 Å². The second-order valence-corrected chi connectivity index (χ2v) is 6.51. The second-order valence-electron chi connectivity index (χ2n) is 5.66. The Labute approximate surface area is 135 Å². The molecule has 0 bridgehead atoms. The fourth-order valence-corrected chi connectivity index (χ4v) is 3.67. The van der Waals surface area contributed by atoms with Crippen molar-refractivity contribution in [2.45, 2.75) is 13.0 Å². The topological polar surface area (TPSA) is 24.5 Å². The van der Waals surface area contributed by atoms with E-state index >= 15 is 0 Å². The van der Waals surface area contributed by atoms with Crippen molar-refractivity contribution in [2.75, 3.05) is 33.3 Å². The molecule has 1 aromatic rings. The SMILES string of the molecule is COc1ccc(Br)c(CN2CCC3CNCC3C2)c1.Cl. The van der Waals surface area contributed by atoms with Crippen molar-refractivity contribution in [3.63, 3.8) is 0 Å². The van der Waals surface area contributed by atoms with Gasteiger partial charge in [0.2, 0.25) is 0 Å². The molecular formula is C15H22BrClN2O. The van der Waals surface area contributed by atoms with Crippen molar-refractivity contribution in [3.05, 3.63) is 28.2 Å². The number of hydrogen-bond acceptors (Lipinski definition) is 3. The van der Waals surface area contributed by atoms with Crippen LogP contribution in [0.2, 0.25) is 0 Å². The first-order valence-corrected chi connectivity index (χ1v) is 7.81. The van der Waals surface area contributed by atoms with Gasteiger partial charge < -0.3 is 10.1 Å². The normalized spacial score (nSPS) is 25.9. The molecule has 3 rings (SSSR count). The van der Waals surface area contributed by atoms with Crippen LogP contribution in [0.15, 0.2) is 22.7 Å². The number of nitrogens with zero attached hydrogens (tertiary/aromatic N) is 1. The van der Waals surface area contributed by atoms with Crippen molar-refractivity contribution in [3.8, 4) is 5.75 Å². The summed E-state index contributed by atoms with van der Waals surface area (Å²) in [5, 5.41) is 3.52. The average molecular weight is 362 g/mol. The smallest absolute Gasteiger partial charge is 0.119 e.